The molecule has 24 heavy (non-hydrogen) atoms. The Morgan fingerprint density at radius 2 is 1.17 bits per heavy atom. The molecule has 0 unspecified atom stereocenters. The number of hydrogen-bond donors (Lipinski definition) is 0. The summed E-state index contributed by atoms with van der Waals surface area (Å²) in [6, 6.07) is 20.6. The molecule has 0 aliphatic carbocycles. The van der Waals surface area contributed by atoms with Crippen molar-refractivity contribution in [1.29, 1.82) is 0 Å². The standard InChI is InChI=1S/C15H16OS.3CO.Cr/c1-15(16-2,13-9-5-3-6-10-13)17-14-11-7-4-8-12-14;3*1-2;/h3-12H,1-2H3;;;;/t15-;;;;/m1..../s1. The minimum atomic E-state index is -0.345. The van der Waals surface area contributed by atoms with Crippen molar-refractivity contribution in [2.45, 2.75) is 16.8 Å². The van der Waals surface area contributed by atoms with Gasteiger partial charge in [-0.1, -0.05) is 60.3 Å². The molecule has 2 aromatic rings. The van der Waals surface area contributed by atoms with Crippen LogP contribution in [-0.2, 0) is 41.0 Å². The Hall–Kier alpha value is -1.50. The van der Waals surface area contributed by atoms with Crippen LogP contribution >= 0.6 is 11.8 Å². The third-order valence-electron chi connectivity index (χ3n) is 2.74. The summed E-state index contributed by atoms with van der Waals surface area (Å²) in [7, 11) is 1.75. The average molecular weight is 380 g/mol. The van der Waals surface area contributed by atoms with Gasteiger partial charge in [-0.3, -0.25) is 0 Å². The van der Waals surface area contributed by atoms with Crippen LogP contribution in [0.1, 0.15) is 12.5 Å². The number of ether oxygens (including phenoxy) is 1. The molecule has 4 nitrogen and oxygen atoms in total. The van der Waals surface area contributed by atoms with E-state index in [1.165, 1.54) is 10.5 Å². The van der Waals surface area contributed by atoms with Crippen LogP contribution in [-0.4, -0.2) is 7.11 Å². The number of rotatable bonds is 4. The van der Waals surface area contributed by atoms with Crippen molar-refractivity contribution in [2.75, 3.05) is 7.11 Å². The van der Waals surface area contributed by atoms with Gasteiger partial charge in [0.1, 0.15) is 4.93 Å². The summed E-state index contributed by atoms with van der Waals surface area (Å²) in [5, 5.41) is 0. The summed E-state index contributed by atoms with van der Waals surface area (Å²) in [4.78, 5) is 0.864. The largest absolute Gasteiger partial charge is 0 e. The molecule has 0 heterocycles. The van der Waals surface area contributed by atoms with Crippen LogP contribution in [0.5, 0.6) is 0 Å². The fourth-order valence-electron chi connectivity index (χ4n) is 1.67. The van der Waals surface area contributed by atoms with Crippen LogP contribution in [0.15, 0.2) is 65.6 Å². The normalized spacial score (nSPS) is 10.3. The number of hydrogen-bond acceptors (Lipinski definition) is 2. The Balaban J connectivity index is -0.000000569. The van der Waals surface area contributed by atoms with Crippen molar-refractivity contribution >= 4 is 11.8 Å². The SMILES string of the molecule is CO[C@](C)(Sc1ccccc1)c1ccccc1.[C-]#[O+].[C-]#[O+].[C-]#[O+].[Cr]. The predicted octanol–water partition coefficient (Wildman–Crippen LogP) is 4.18. The number of methoxy groups -OCH3 is 1. The van der Waals surface area contributed by atoms with Gasteiger partial charge in [-0.2, -0.15) is 0 Å². The van der Waals surface area contributed by atoms with Gasteiger partial charge in [-0.05, 0) is 24.6 Å². The molecule has 0 fully saturated rings. The van der Waals surface area contributed by atoms with Crippen molar-refractivity contribution in [3.05, 3.63) is 86.2 Å². The van der Waals surface area contributed by atoms with Gasteiger partial charge in [0.2, 0.25) is 0 Å². The Morgan fingerprint density at radius 1 is 0.792 bits per heavy atom. The molecule has 0 saturated carbocycles. The maximum Gasteiger partial charge on any atom is 0 e. The van der Waals surface area contributed by atoms with Crippen molar-refractivity contribution in [1.82, 2.24) is 0 Å². The molecular formula is C18H16CrO4S. The Morgan fingerprint density at radius 3 is 1.54 bits per heavy atom. The van der Waals surface area contributed by atoms with E-state index in [2.05, 4.69) is 51.1 Å². The first-order valence-corrected chi connectivity index (χ1v) is 7.02. The van der Waals surface area contributed by atoms with Gasteiger partial charge in [0.25, 0.3) is 0 Å². The second-order valence-electron chi connectivity index (χ2n) is 3.93. The first kappa shape index (κ1) is 27.4. The molecule has 0 aliphatic heterocycles. The zero-order valence-corrected chi connectivity index (χ0v) is 15.3. The minimum Gasteiger partial charge on any atom is 0 e. The van der Waals surface area contributed by atoms with Crippen molar-refractivity contribution in [2.24, 2.45) is 0 Å². The third-order valence-corrected chi connectivity index (χ3v) is 4.04. The maximum absolute atomic E-state index is 7.50. The van der Waals surface area contributed by atoms with Gasteiger partial charge in [0.15, 0.2) is 0 Å². The molecule has 0 amide bonds. The molecule has 0 radical (unpaired) electrons. The molecule has 6 heteroatoms. The van der Waals surface area contributed by atoms with E-state index in [4.69, 9.17) is 18.7 Å². The van der Waals surface area contributed by atoms with Crippen LogP contribution in [0, 0.1) is 20.0 Å². The molecule has 0 spiro atoms. The molecule has 0 N–H and O–H groups in total. The van der Waals surface area contributed by atoms with E-state index in [1.54, 1.807) is 18.9 Å². The third kappa shape index (κ3) is 9.60. The van der Waals surface area contributed by atoms with E-state index in [9.17, 15) is 0 Å². The van der Waals surface area contributed by atoms with Gasteiger partial charge >= 0.3 is 33.9 Å². The number of benzene rings is 2. The van der Waals surface area contributed by atoms with Crippen LogP contribution in [0.25, 0.3) is 0 Å². The van der Waals surface area contributed by atoms with Crippen LogP contribution in [0.4, 0.5) is 0 Å². The van der Waals surface area contributed by atoms with Gasteiger partial charge < -0.3 is 4.74 Å². The van der Waals surface area contributed by atoms with Gasteiger partial charge in [-0.15, -0.1) is 0 Å². The molecule has 0 aromatic heterocycles. The van der Waals surface area contributed by atoms with E-state index in [1.807, 2.05) is 36.4 Å². The van der Waals surface area contributed by atoms with Crippen molar-refractivity contribution in [3.8, 4) is 0 Å². The molecule has 124 valence electrons. The van der Waals surface area contributed by atoms with Crippen LogP contribution in [0.3, 0.4) is 0 Å². The Labute approximate surface area is 157 Å². The average Bonchev–Trinajstić information content (AvgIpc) is 2.68. The molecule has 2 aromatic carbocycles. The van der Waals surface area contributed by atoms with Crippen molar-refractivity contribution < 1.29 is 36.1 Å². The molecule has 1 atom stereocenters. The minimum absolute atomic E-state index is 0. The van der Waals surface area contributed by atoms with E-state index in [-0.39, 0.29) is 22.3 Å². The van der Waals surface area contributed by atoms with E-state index in [0.29, 0.717) is 0 Å². The van der Waals surface area contributed by atoms with Crippen LogP contribution in [0.2, 0.25) is 0 Å². The summed E-state index contributed by atoms with van der Waals surface area (Å²) in [5.41, 5.74) is 1.18. The first-order chi connectivity index (χ1) is 11.2. The first-order valence-electron chi connectivity index (χ1n) is 6.20. The Kier molecular flexibility index (Phi) is 20.3. The summed E-state index contributed by atoms with van der Waals surface area (Å²) in [5.74, 6) is 0. The van der Waals surface area contributed by atoms with Crippen molar-refractivity contribution in [3.63, 3.8) is 0 Å². The molecule has 0 saturated heterocycles. The van der Waals surface area contributed by atoms with Gasteiger partial charge in [-0.25, -0.2) is 0 Å². The molecule has 0 aliphatic rings. The van der Waals surface area contributed by atoms with E-state index < -0.39 is 0 Å². The summed E-state index contributed by atoms with van der Waals surface area (Å²) in [6.45, 7) is 15.6. The fourth-order valence-corrected chi connectivity index (χ4v) is 2.75. The topological polar surface area (TPSA) is 68.9 Å². The van der Waals surface area contributed by atoms with Gasteiger partial charge in [0, 0.05) is 29.4 Å². The maximum atomic E-state index is 7.50. The zero-order valence-electron chi connectivity index (χ0n) is 13.2. The quantitative estimate of drug-likeness (QED) is 0.346. The van der Waals surface area contributed by atoms with Gasteiger partial charge in [0.05, 0.1) is 0 Å². The summed E-state index contributed by atoms with van der Waals surface area (Å²) >= 11 is 1.72. The molecule has 2 rings (SSSR count). The van der Waals surface area contributed by atoms with Crippen LogP contribution < -0.4 is 0 Å². The van der Waals surface area contributed by atoms with E-state index in [0.717, 1.165) is 0 Å². The smallest absolute Gasteiger partial charge is 0 e. The summed E-state index contributed by atoms with van der Waals surface area (Å²) in [6.07, 6.45) is 0. The fraction of sp³-hybridized carbons (Fsp3) is 0.167. The molecular weight excluding hydrogens is 364 g/mol. The summed E-state index contributed by atoms with van der Waals surface area (Å²) < 4.78 is 28.2. The number of thioether (sulfide) groups is 1. The zero-order chi connectivity index (χ0) is 18.1. The second kappa shape index (κ2) is 17.9. The Bertz CT molecular complexity index is 570. The second-order valence-corrected chi connectivity index (χ2v) is 5.39. The molecule has 0 bridgehead atoms. The predicted molar refractivity (Wildman–Crippen MR) is 84.9 cm³/mol. The monoisotopic (exact) mass is 380 g/mol. The van der Waals surface area contributed by atoms with E-state index >= 15 is 0 Å².